The third-order valence-corrected chi connectivity index (χ3v) is 17.5. The SMILES string of the molecule is C.C.CC.CC.CC.CC.CC.CC.CC.CC.CC.CC(C)N1CCC=CC1=O.CC(C)N1CCCCC1.CC(C)N1CCCCC1.CC(C)N1CCCCC1.CC(C)N1CCCCC1=O.CC(C)N1CCCCN1C.CC(C)N1CCCN(C)C1.CC(C)N1CCOCC1.CC(C)n1ccccc1=O. The number of piperidine rings is 4. The average Bonchev–Trinajstić information content (AvgIpc) is 0.903. The third kappa shape index (κ3) is 71.6. The fourth-order valence-corrected chi connectivity index (χ4v) is 11.7. The molecule has 9 heterocycles. The summed E-state index contributed by atoms with van der Waals surface area (Å²) in [4.78, 5) is 52.1. The van der Waals surface area contributed by atoms with Crippen LogP contribution in [0.15, 0.2) is 41.3 Å². The van der Waals surface area contributed by atoms with Crippen molar-refractivity contribution in [3.8, 4) is 0 Å². The Hall–Kier alpha value is -2.73. The summed E-state index contributed by atoms with van der Waals surface area (Å²) in [5.74, 6) is 0.488. The summed E-state index contributed by atoms with van der Waals surface area (Å²) in [5.41, 5.74) is 0.0671. The first kappa shape index (κ1) is 127. The molecule has 0 radical (unpaired) electrons. The number of morpholine rings is 1. The van der Waals surface area contributed by atoms with Gasteiger partial charge in [0.2, 0.25) is 11.8 Å². The number of pyridine rings is 1. The summed E-state index contributed by atoms with van der Waals surface area (Å²) in [6.45, 7) is 95.4. The van der Waals surface area contributed by atoms with Gasteiger partial charge in [-0.1, -0.05) is 171 Å². The molecule has 0 spiro atoms. The van der Waals surface area contributed by atoms with Crippen LogP contribution in [0.1, 0.15) is 373 Å². The molecule has 1 aromatic rings. The van der Waals surface area contributed by atoms with Crippen LogP contribution in [-0.2, 0) is 14.3 Å². The molecule has 0 aromatic carbocycles. The van der Waals surface area contributed by atoms with Crippen molar-refractivity contribution in [3.05, 3.63) is 46.9 Å². The molecule has 0 aliphatic carbocycles. The van der Waals surface area contributed by atoms with E-state index in [9.17, 15) is 14.4 Å². The molecule has 0 saturated carbocycles. The van der Waals surface area contributed by atoms with Gasteiger partial charge in [-0.3, -0.25) is 29.1 Å². The second kappa shape index (κ2) is 92.9. The highest BCUT2D eigenvalue weighted by Gasteiger charge is 2.22. The molecule has 8 aliphatic heterocycles. The van der Waals surface area contributed by atoms with Crippen molar-refractivity contribution >= 4 is 11.8 Å². The topological polar surface area (TPSA) is 97.8 Å². The van der Waals surface area contributed by atoms with Crippen LogP contribution in [0.3, 0.4) is 0 Å². The van der Waals surface area contributed by atoms with Crippen LogP contribution in [0.2, 0.25) is 0 Å². The maximum Gasteiger partial charge on any atom is 0.250 e. The molecular formula is C91H203N11O4. The highest BCUT2D eigenvalue weighted by molar-refractivity contribution is 5.88. The summed E-state index contributed by atoms with van der Waals surface area (Å²) in [6, 6.07) is 10.6. The number of hydrazine groups is 1. The van der Waals surface area contributed by atoms with Crippen molar-refractivity contribution in [1.29, 1.82) is 0 Å². The first-order valence-corrected chi connectivity index (χ1v) is 44.2. The molecule has 0 N–H and O–H groups in total. The quantitative estimate of drug-likeness (QED) is 0.235. The van der Waals surface area contributed by atoms with Crippen molar-refractivity contribution in [3.63, 3.8) is 0 Å². The summed E-state index contributed by atoms with van der Waals surface area (Å²) in [5, 5.41) is 4.78. The smallest absolute Gasteiger partial charge is 0.250 e. The fourth-order valence-electron chi connectivity index (χ4n) is 11.7. The van der Waals surface area contributed by atoms with Gasteiger partial charge < -0.3 is 33.8 Å². The molecule has 2 amide bonds. The van der Waals surface area contributed by atoms with E-state index in [1.54, 1.807) is 29.0 Å². The molecule has 0 unspecified atom stereocenters. The van der Waals surface area contributed by atoms with Gasteiger partial charge in [0, 0.05) is 132 Å². The Morgan fingerprint density at radius 3 is 0.925 bits per heavy atom. The molecule has 0 atom stereocenters. The number of carbonyl (C=O) groups excluding carboxylic acids is 2. The molecule has 7 fully saturated rings. The van der Waals surface area contributed by atoms with E-state index in [1.807, 2.05) is 174 Å². The summed E-state index contributed by atoms with van der Waals surface area (Å²) < 4.78 is 6.90. The van der Waals surface area contributed by atoms with Crippen LogP contribution >= 0.6 is 0 Å². The maximum absolute atomic E-state index is 11.2. The van der Waals surface area contributed by atoms with E-state index in [0.717, 1.165) is 83.4 Å². The molecule has 8 aliphatic rings. The number of nitrogens with zero attached hydrogens (tertiary/aromatic N) is 11. The van der Waals surface area contributed by atoms with E-state index in [0.29, 0.717) is 36.1 Å². The van der Waals surface area contributed by atoms with E-state index in [2.05, 4.69) is 150 Å². The third-order valence-electron chi connectivity index (χ3n) is 17.5. The molecule has 9 rings (SSSR count). The second-order valence-electron chi connectivity index (χ2n) is 27.6. The molecule has 15 heteroatoms. The van der Waals surface area contributed by atoms with Gasteiger partial charge in [-0.25, -0.2) is 10.0 Å². The van der Waals surface area contributed by atoms with Crippen LogP contribution in [0, 0.1) is 0 Å². The molecule has 0 bridgehead atoms. The van der Waals surface area contributed by atoms with Crippen LogP contribution in [0.5, 0.6) is 0 Å². The first-order chi connectivity index (χ1) is 49.8. The van der Waals surface area contributed by atoms with Gasteiger partial charge in [-0.2, -0.15) is 0 Å². The van der Waals surface area contributed by atoms with Gasteiger partial charge in [0.25, 0.3) is 5.56 Å². The number of hydrogen-bond donors (Lipinski definition) is 0. The van der Waals surface area contributed by atoms with Gasteiger partial charge >= 0.3 is 0 Å². The van der Waals surface area contributed by atoms with Crippen LogP contribution in [-0.4, -0.2) is 240 Å². The van der Waals surface area contributed by atoms with E-state index in [-0.39, 0.29) is 32.4 Å². The van der Waals surface area contributed by atoms with Gasteiger partial charge in [-0.05, 0) is 260 Å². The van der Waals surface area contributed by atoms with Gasteiger partial charge in [0.15, 0.2) is 0 Å². The zero-order valence-corrected chi connectivity index (χ0v) is 78.0. The maximum atomic E-state index is 11.2. The lowest BCUT2D eigenvalue weighted by Gasteiger charge is -2.38. The molecule has 106 heavy (non-hydrogen) atoms. The predicted octanol–water partition coefficient (Wildman–Crippen LogP) is 23.2. The lowest BCUT2D eigenvalue weighted by Crippen LogP contribution is -2.48. The number of hydrogen-bond acceptors (Lipinski definition) is 12. The van der Waals surface area contributed by atoms with E-state index >= 15 is 0 Å². The van der Waals surface area contributed by atoms with Crippen molar-refractivity contribution < 1.29 is 14.3 Å². The largest absolute Gasteiger partial charge is 0.379 e. The van der Waals surface area contributed by atoms with Gasteiger partial charge in [0.05, 0.1) is 19.9 Å². The highest BCUT2D eigenvalue weighted by Crippen LogP contribution is 2.16. The van der Waals surface area contributed by atoms with Crippen molar-refractivity contribution in [2.45, 2.75) is 421 Å². The Balaban J connectivity index is -0.000000103. The zero-order valence-electron chi connectivity index (χ0n) is 78.0. The lowest BCUT2D eigenvalue weighted by molar-refractivity contribution is -0.135. The molecule has 646 valence electrons. The van der Waals surface area contributed by atoms with Crippen LogP contribution in [0.4, 0.5) is 0 Å². The first-order valence-electron chi connectivity index (χ1n) is 44.2. The van der Waals surface area contributed by atoms with Crippen molar-refractivity contribution in [2.75, 3.05) is 126 Å². The lowest BCUT2D eigenvalue weighted by atomic mass is 10.1. The minimum Gasteiger partial charge on any atom is -0.379 e. The van der Waals surface area contributed by atoms with Crippen LogP contribution in [0.25, 0.3) is 0 Å². The van der Waals surface area contributed by atoms with E-state index in [1.165, 1.54) is 149 Å². The van der Waals surface area contributed by atoms with E-state index < -0.39 is 0 Å². The highest BCUT2D eigenvalue weighted by atomic mass is 16.5. The summed E-state index contributed by atoms with van der Waals surface area (Å²) in [6.07, 6.45) is 26.3. The number of aromatic nitrogens is 1. The van der Waals surface area contributed by atoms with Crippen LogP contribution < -0.4 is 5.56 Å². The summed E-state index contributed by atoms with van der Waals surface area (Å²) in [7, 11) is 4.37. The Kier molecular flexibility index (Phi) is 111. The van der Waals surface area contributed by atoms with Gasteiger partial charge in [0.1, 0.15) is 0 Å². The van der Waals surface area contributed by atoms with E-state index in [4.69, 9.17) is 4.74 Å². The second-order valence-corrected chi connectivity index (χ2v) is 27.6. The molecule has 15 nitrogen and oxygen atoms in total. The van der Waals surface area contributed by atoms with Crippen molar-refractivity contribution in [2.24, 2.45) is 0 Å². The Labute approximate surface area is 670 Å². The Morgan fingerprint density at radius 1 is 0.330 bits per heavy atom. The predicted molar refractivity (Wildman–Crippen MR) is 485 cm³/mol. The van der Waals surface area contributed by atoms with Gasteiger partial charge in [-0.15, -0.1) is 0 Å². The Morgan fingerprint density at radius 2 is 0.679 bits per heavy atom. The fraction of sp³-hybridized carbons (Fsp3) is 0.901. The van der Waals surface area contributed by atoms with Crippen molar-refractivity contribution in [1.82, 2.24) is 53.8 Å². The number of ether oxygens (including phenoxy) is 1. The minimum atomic E-state index is 0. The molecule has 1 aromatic heterocycles. The monoisotopic (exact) mass is 1510 g/mol. The molecule has 7 saturated heterocycles. The normalized spacial score (nSPS) is 17.5. The zero-order chi connectivity index (χ0) is 82.6. The average molecular weight is 1520 g/mol. The standard InChI is InChI=1S/2C8H18N2.C8H15NO.C8H13NO.C8H11NO.3C8H17N.C7H15NO.9C2H6.2CH4/c1-8(2)10-6-4-5-9(3)7-10;1-8(2)10-7-5-4-6-9(10)3;3*1-7(2)9-6-4-3-5-8(9)10;3*1-8(2)9-6-4-3-5-7-9;1-7(2)8-3-5-9-6-4-8;9*1-2;;/h2*8H,4-7H2,1-3H3;7H,3-6H2,1-2H3;3,5,7H,4,6H2,1-2H3;3-7H,1-2H3;3*8H,3-7H2,1-2H3;7H,3-6H2,1-2H3;9*1-2H3;2*1H4. The minimum absolute atomic E-state index is 0. The number of amides is 2. The Bertz CT molecular complexity index is 1800. The molecular weight excluding hydrogens is 1310 g/mol. The number of carbonyl (C=O) groups is 2. The number of likely N-dealkylation sites (tertiary alicyclic amines) is 4. The number of rotatable bonds is 9. The summed E-state index contributed by atoms with van der Waals surface area (Å²) >= 11 is 0.